The summed E-state index contributed by atoms with van der Waals surface area (Å²) in [4.78, 5) is 13.3. The Hall–Kier alpha value is -0.980. The van der Waals surface area contributed by atoms with E-state index in [2.05, 4.69) is 10.6 Å². The molecule has 0 bridgehead atoms. The Morgan fingerprint density at radius 3 is 2.18 bits per heavy atom. The van der Waals surface area contributed by atoms with Crippen molar-refractivity contribution >= 4 is 6.03 Å². The highest BCUT2D eigenvalue weighted by Crippen LogP contribution is 2.20. The van der Waals surface area contributed by atoms with E-state index in [1.54, 1.807) is 0 Å². The van der Waals surface area contributed by atoms with Gasteiger partial charge in [0.1, 0.15) is 0 Å². The summed E-state index contributed by atoms with van der Waals surface area (Å²) in [5.74, 6) is 0. The van der Waals surface area contributed by atoms with Gasteiger partial charge in [-0.1, -0.05) is 32.1 Å². The van der Waals surface area contributed by atoms with Crippen molar-refractivity contribution in [2.75, 3.05) is 19.6 Å². The van der Waals surface area contributed by atoms with Gasteiger partial charge in [0.2, 0.25) is 0 Å². The average molecular weight is 321 g/mol. The van der Waals surface area contributed by atoms with Crippen LogP contribution < -0.4 is 10.6 Å². The third kappa shape index (κ3) is 6.42. The Labute approximate surface area is 129 Å². The lowest BCUT2D eigenvalue weighted by Gasteiger charge is -2.23. The molecule has 1 aliphatic carbocycles. The largest absolute Gasteiger partial charge is 0.401 e. The third-order valence-electron chi connectivity index (χ3n) is 4.45. The Balaban J connectivity index is 1.68. The maximum atomic E-state index is 12.3. The standard InChI is InChI=1S/C15H26F3N3O/c16-15(17,18)11-21-9-8-13(10-21)20-14(22)19-12-6-4-2-1-3-5-7-12/h12-13H,1-11H2,(H2,19,20,22). The zero-order chi connectivity index (χ0) is 16.0. The zero-order valence-electron chi connectivity index (χ0n) is 12.9. The first-order chi connectivity index (χ1) is 10.4. The number of carbonyl (C=O) groups is 1. The first-order valence-corrected chi connectivity index (χ1v) is 8.28. The average Bonchev–Trinajstić information content (AvgIpc) is 2.77. The molecule has 1 atom stereocenters. The van der Waals surface area contributed by atoms with E-state index in [4.69, 9.17) is 0 Å². The molecule has 0 radical (unpaired) electrons. The van der Waals surface area contributed by atoms with Crippen LogP contribution in [-0.4, -0.2) is 48.8 Å². The molecule has 0 spiro atoms. The molecule has 2 rings (SSSR count). The molecule has 0 aromatic rings. The van der Waals surface area contributed by atoms with Crippen molar-refractivity contribution in [2.24, 2.45) is 0 Å². The summed E-state index contributed by atoms with van der Waals surface area (Å²) in [7, 11) is 0. The summed E-state index contributed by atoms with van der Waals surface area (Å²) in [6.07, 6.45) is 4.38. The summed E-state index contributed by atoms with van der Waals surface area (Å²) in [5, 5.41) is 5.80. The fourth-order valence-corrected chi connectivity index (χ4v) is 3.36. The van der Waals surface area contributed by atoms with E-state index in [0.717, 1.165) is 25.7 Å². The van der Waals surface area contributed by atoms with Gasteiger partial charge in [-0.25, -0.2) is 4.79 Å². The molecular weight excluding hydrogens is 295 g/mol. The molecule has 128 valence electrons. The number of amides is 2. The highest BCUT2D eigenvalue weighted by molar-refractivity contribution is 5.74. The molecular formula is C15H26F3N3O. The molecule has 1 aliphatic heterocycles. The van der Waals surface area contributed by atoms with Crippen molar-refractivity contribution in [2.45, 2.75) is 69.6 Å². The molecule has 4 nitrogen and oxygen atoms in total. The topological polar surface area (TPSA) is 44.4 Å². The Bertz CT molecular complexity index is 354. The van der Waals surface area contributed by atoms with Crippen LogP contribution in [0.4, 0.5) is 18.0 Å². The van der Waals surface area contributed by atoms with Crippen molar-refractivity contribution in [1.82, 2.24) is 15.5 Å². The van der Waals surface area contributed by atoms with Gasteiger partial charge in [0.15, 0.2) is 0 Å². The molecule has 1 heterocycles. The third-order valence-corrected chi connectivity index (χ3v) is 4.45. The van der Waals surface area contributed by atoms with Crippen molar-refractivity contribution in [3.8, 4) is 0 Å². The number of hydrogen-bond donors (Lipinski definition) is 2. The number of urea groups is 1. The van der Waals surface area contributed by atoms with Gasteiger partial charge < -0.3 is 10.6 Å². The Morgan fingerprint density at radius 2 is 1.55 bits per heavy atom. The number of halogens is 3. The molecule has 22 heavy (non-hydrogen) atoms. The maximum Gasteiger partial charge on any atom is 0.401 e. The lowest BCUT2D eigenvalue weighted by Crippen LogP contribution is -2.47. The summed E-state index contributed by atoms with van der Waals surface area (Å²) in [6, 6.07) is -0.215. The van der Waals surface area contributed by atoms with Gasteiger partial charge >= 0.3 is 12.2 Å². The van der Waals surface area contributed by atoms with Gasteiger partial charge in [-0.05, 0) is 19.3 Å². The highest BCUT2D eigenvalue weighted by Gasteiger charge is 2.34. The van der Waals surface area contributed by atoms with E-state index in [9.17, 15) is 18.0 Å². The summed E-state index contributed by atoms with van der Waals surface area (Å²) in [5.41, 5.74) is 0. The van der Waals surface area contributed by atoms with E-state index < -0.39 is 12.7 Å². The summed E-state index contributed by atoms with van der Waals surface area (Å²) < 4.78 is 37.0. The minimum Gasteiger partial charge on any atom is -0.335 e. The molecule has 7 heteroatoms. The lowest BCUT2D eigenvalue weighted by atomic mass is 9.97. The molecule has 2 aliphatic rings. The molecule has 2 amide bonds. The lowest BCUT2D eigenvalue weighted by molar-refractivity contribution is -0.143. The van der Waals surface area contributed by atoms with Gasteiger partial charge in [-0.2, -0.15) is 13.2 Å². The van der Waals surface area contributed by atoms with Crippen molar-refractivity contribution in [1.29, 1.82) is 0 Å². The van der Waals surface area contributed by atoms with Gasteiger partial charge in [0.05, 0.1) is 6.54 Å². The second-order valence-electron chi connectivity index (χ2n) is 6.50. The first kappa shape index (κ1) is 17.4. The highest BCUT2D eigenvalue weighted by atomic mass is 19.4. The second kappa shape index (κ2) is 8.04. The predicted molar refractivity (Wildman–Crippen MR) is 78.7 cm³/mol. The molecule has 1 saturated carbocycles. The quantitative estimate of drug-likeness (QED) is 0.839. The van der Waals surface area contributed by atoms with Crippen LogP contribution in [0.2, 0.25) is 0 Å². The Morgan fingerprint density at radius 1 is 0.955 bits per heavy atom. The summed E-state index contributed by atoms with van der Waals surface area (Å²) in [6.45, 7) is -0.235. The number of likely N-dealkylation sites (tertiary alicyclic amines) is 1. The summed E-state index contributed by atoms with van der Waals surface area (Å²) >= 11 is 0. The van der Waals surface area contributed by atoms with E-state index in [-0.39, 0.29) is 24.7 Å². The second-order valence-corrected chi connectivity index (χ2v) is 6.50. The molecule has 0 aromatic heterocycles. The molecule has 2 fully saturated rings. The van der Waals surface area contributed by atoms with Gasteiger partial charge in [-0.3, -0.25) is 4.90 Å². The smallest absolute Gasteiger partial charge is 0.335 e. The molecule has 0 aromatic carbocycles. The van der Waals surface area contributed by atoms with Crippen LogP contribution >= 0.6 is 0 Å². The molecule has 1 saturated heterocycles. The van der Waals surface area contributed by atoms with Crippen LogP contribution in [0.15, 0.2) is 0 Å². The van der Waals surface area contributed by atoms with Crippen LogP contribution in [0, 0.1) is 0 Å². The van der Waals surface area contributed by atoms with E-state index in [1.165, 1.54) is 24.2 Å². The van der Waals surface area contributed by atoms with Crippen LogP contribution in [-0.2, 0) is 0 Å². The minimum absolute atomic E-state index is 0.184. The molecule has 1 unspecified atom stereocenters. The fourth-order valence-electron chi connectivity index (χ4n) is 3.36. The van der Waals surface area contributed by atoms with Crippen molar-refractivity contribution < 1.29 is 18.0 Å². The van der Waals surface area contributed by atoms with Gasteiger partial charge in [-0.15, -0.1) is 0 Å². The van der Waals surface area contributed by atoms with Crippen LogP contribution in [0.25, 0.3) is 0 Å². The van der Waals surface area contributed by atoms with E-state index in [1.807, 2.05) is 0 Å². The fraction of sp³-hybridized carbons (Fsp3) is 0.933. The maximum absolute atomic E-state index is 12.3. The molecule has 2 N–H and O–H groups in total. The van der Waals surface area contributed by atoms with Crippen LogP contribution in [0.1, 0.15) is 51.4 Å². The van der Waals surface area contributed by atoms with Crippen molar-refractivity contribution in [3.63, 3.8) is 0 Å². The Kier molecular flexibility index (Phi) is 6.35. The normalized spacial score (nSPS) is 25.5. The van der Waals surface area contributed by atoms with Crippen LogP contribution in [0.5, 0.6) is 0 Å². The van der Waals surface area contributed by atoms with E-state index in [0.29, 0.717) is 13.0 Å². The number of nitrogens with zero attached hydrogens (tertiary/aromatic N) is 1. The number of rotatable bonds is 3. The number of nitrogens with one attached hydrogen (secondary N) is 2. The van der Waals surface area contributed by atoms with Gasteiger partial charge in [0, 0.05) is 25.2 Å². The van der Waals surface area contributed by atoms with E-state index >= 15 is 0 Å². The number of hydrogen-bond acceptors (Lipinski definition) is 2. The number of carbonyl (C=O) groups excluding carboxylic acids is 1. The monoisotopic (exact) mass is 321 g/mol. The van der Waals surface area contributed by atoms with Gasteiger partial charge in [0.25, 0.3) is 0 Å². The predicted octanol–water partition coefficient (Wildman–Crippen LogP) is 3.04. The number of alkyl halides is 3. The minimum atomic E-state index is -4.17. The zero-order valence-corrected chi connectivity index (χ0v) is 12.9. The SMILES string of the molecule is O=C(NC1CCCCCCC1)NC1CCN(CC(F)(F)F)C1. The van der Waals surface area contributed by atoms with Crippen molar-refractivity contribution in [3.05, 3.63) is 0 Å². The van der Waals surface area contributed by atoms with Crippen LogP contribution in [0.3, 0.4) is 0 Å². The first-order valence-electron chi connectivity index (χ1n) is 8.28.